The zero-order valence-electron chi connectivity index (χ0n) is 13.7. The number of imidazole rings is 1. The molecule has 0 spiro atoms. The Hall–Kier alpha value is -1.52. The van der Waals surface area contributed by atoms with Crippen molar-refractivity contribution in [3.05, 3.63) is 17.2 Å². The van der Waals surface area contributed by atoms with Gasteiger partial charge in [-0.15, -0.1) is 0 Å². The molecule has 114 valence electrons. The molecule has 1 unspecified atom stereocenters. The molecule has 0 saturated carbocycles. The molecule has 1 amide bonds. The molecular formula is C15H27N3O2. The number of carbonyl (C=O) groups is 1. The summed E-state index contributed by atoms with van der Waals surface area (Å²) in [6.45, 7) is 13.6. The summed E-state index contributed by atoms with van der Waals surface area (Å²) in [7, 11) is 0. The number of aromatic amines is 1. The van der Waals surface area contributed by atoms with Crippen LogP contribution in [0.5, 0.6) is 0 Å². The average molecular weight is 281 g/mol. The van der Waals surface area contributed by atoms with Gasteiger partial charge in [-0.2, -0.15) is 0 Å². The molecule has 20 heavy (non-hydrogen) atoms. The minimum atomic E-state index is -0.555. The summed E-state index contributed by atoms with van der Waals surface area (Å²) in [5.74, 6) is 0.778. The summed E-state index contributed by atoms with van der Waals surface area (Å²) in [6, 6.07) is 0. The van der Waals surface area contributed by atoms with Crippen molar-refractivity contribution in [2.75, 3.05) is 0 Å². The maximum absolute atomic E-state index is 12.0. The Kier molecular flexibility index (Phi) is 4.84. The minimum absolute atomic E-state index is 0.422. The topological polar surface area (TPSA) is 67.0 Å². The first-order valence-electron chi connectivity index (χ1n) is 7.18. The fourth-order valence-electron chi connectivity index (χ4n) is 1.95. The predicted octanol–water partition coefficient (Wildman–Crippen LogP) is 3.43. The van der Waals surface area contributed by atoms with Gasteiger partial charge in [0.25, 0.3) is 0 Å². The minimum Gasteiger partial charge on any atom is -0.444 e. The Bertz CT molecular complexity index is 474. The first-order chi connectivity index (χ1) is 9.11. The van der Waals surface area contributed by atoms with E-state index < -0.39 is 17.2 Å². The van der Waals surface area contributed by atoms with Crippen molar-refractivity contribution in [3.8, 4) is 0 Å². The standard InChI is InChI=1S/C15H27N3O2/c1-8-11-10(3)16-12(17-11)15(7,9-2)18-13(19)20-14(4,5)6/h8-9H2,1-7H3,(H,16,17)(H,18,19). The van der Waals surface area contributed by atoms with Crippen LogP contribution in [-0.2, 0) is 16.7 Å². The highest BCUT2D eigenvalue weighted by molar-refractivity contribution is 5.68. The van der Waals surface area contributed by atoms with Crippen LogP contribution in [0.4, 0.5) is 4.79 Å². The Balaban J connectivity index is 2.93. The van der Waals surface area contributed by atoms with E-state index in [1.54, 1.807) is 0 Å². The Labute approximate surface area is 121 Å². The second kappa shape index (κ2) is 5.85. The Morgan fingerprint density at radius 1 is 1.30 bits per heavy atom. The first-order valence-corrected chi connectivity index (χ1v) is 7.18. The van der Waals surface area contributed by atoms with E-state index in [1.165, 1.54) is 0 Å². The lowest BCUT2D eigenvalue weighted by Gasteiger charge is -2.29. The quantitative estimate of drug-likeness (QED) is 0.888. The second-order valence-corrected chi connectivity index (χ2v) is 6.32. The molecule has 5 nitrogen and oxygen atoms in total. The molecule has 0 aromatic carbocycles. The van der Waals surface area contributed by atoms with Crippen LogP contribution >= 0.6 is 0 Å². The number of nitrogens with one attached hydrogen (secondary N) is 2. The molecule has 0 bridgehead atoms. The smallest absolute Gasteiger partial charge is 0.408 e. The van der Waals surface area contributed by atoms with Crippen LogP contribution in [0, 0.1) is 6.92 Å². The van der Waals surface area contributed by atoms with Crippen molar-refractivity contribution in [2.45, 2.75) is 72.4 Å². The summed E-state index contributed by atoms with van der Waals surface area (Å²) < 4.78 is 5.33. The summed E-state index contributed by atoms with van der Waals surface area (Å²) in [4.78, 5) is 19.9. The second-order valence-electron chi connectivity index (χ2n) is 6.32. The maximum atomic E-state index is 12.0. The molecule has 0 radical (unpaired) electrons. The fourth-order valence-corrected chi connectivity index (χ4v) is 1.95. The fraction of sp³-hybridized carbons (Fsp3) is 0.733. The zero-order chi connectivity index (χ0) is 15.6. The van der Waals surface area contributed by atoms with Gasteiger partial charge in [0.2, 0.25) is 0 Å². The third-order valence-electron chi connectivity index (χ3n) is 3.33. The molecule has 1 rings (SSSR count). The number of amides is 1. The summed E-state index contributed by atoms with van der Waals surface area (Å²) >= 11 is 0. The number of carbonyl (C=O) groups excluding carboxylic acids is 1. The number of aryl methyl sites for hydroxylation is 2. The van der Waals surface area contributed by atoms with Crippen LogP contribution in [-0.4, -0.2) is 21.7 Å². The molecule has 0 aliphatic carbocycles. The normalized spacial score (nSPS) is 14.8. The van der Waals surface area contributed by atoms with E-state index in [4.69, 9.17) is 4.74 Å². The molecular weight excluding hydrogens is 254 g/mol. The van der Waals surface area contributed by atoms with E-state index >= 15 is 0 Å². The van der Waals surface area contributed by atoms with Gasteiger partial charge in [-0.3, -0.25) is 0 Å². The molecule has 2 N–H and O–H groups in total. The van der Waals surface area contributed by atoms with Crippen molar-refractivity contribution in [1.29, 1.82) is 0 Å². The van der Waals surface area contributed by atoms with Gasteiger partial charge in [-0.1, -0.05) is 13.8 Å². The summed E-state index contributed by atoms with van der Waals surface area (Å²) in [5, 5.41) is 2.93. The third kappa shape index (κ3) is 3.99. The van der Waals surface area contributed by atoms with E-state index in [0.29, 0.717) is 0 Å². The van der Waals surface area contributed by atoms with Crippen LogP contribution in [0.3, 0.4) is 0 Å². The highest BCUT2D eigenvalue weighted by Crippen LogP contribution is 2.24. The van der Waals surface area contributed by atoms with Gasteiger partial charge in [-0.25, -0.2) is 9.78 Å². The Morgan fingerprint density at radius 3 is 2.30 bits per heavy atom. The Morgan fingerprint density at radius 2 is 1.90 bits per heavy atom. The van der Waals surface area contributed by atoms with Gasteiger partial charge >= 0.3 is 6.09 Å². The van der Waals surface area contributed by atoms with Crippen LogP contribution in [0.1, 0.15) is 65.2 Å². The molecule has 5 heteroatoms. The van der Waals surface area contributed by atoms with Crippen LogP contribution in [0.2, 0.25) is 0 Å². The lowest BCUT2D eigenvalue weighted by atomic mass is 9.98. The molecule has 0 aliphatic rings. The van der Waals surface area contributed by atoms with Crippen molar-refractivity contribution in [2.24, 2.45) is 0 Å². The van der Waals surface area contributed by atoms with E-state index in [2.05, 4.69) is 22.2 Å². The lowest BCUT2D eigenvalue weighted by Crippen LogP contribution is -2.46. The molecule has 1 heterocycles. The molecule has 1 atom stereocenters. The van der Waals surface area contributed by atoms with Gasteiger partial charge in [0.15, 0.2) is 0 Å². The number of ether oxygens (including phenoxy) is 1. The highest BCUT2D eigenvalue weighted by atomic mass is 16.6. The largest absolute Gasteiger partial charge is 0.444 e. The van der Waals surface area contributed by atoms with Crippen molar-refractivity contribution in [3.63, 3.8) is 0 Å². The number of rotatable bonds is 4. The van der Waals surface area contributed by atoms with Gasteiger partial charge < -0.3 is 15.0 Å². The van der Waals surface area contributed by atoms with Crippen LogP contribution in [0.15, 0.2) is 0 Å². The highest BCUT2D eigenvalue weighted by Gasteiger charge is 2.32. The number of hydrogen-bond acceptors (Lipinski definition) is 3. The first kappa shape index (κ1) is 16.5. The molecule has 0 fully saturated rings. The third-order valence-corrected chi connectivity index (χ3v) is 3.33. The van der Waals surface area contributed by atoms with Crippen molar-refractivity contribution >= 4 is 6.09 Å². The zero-order valence-corrected chi connectivity index (χ0v) is 13.7. The van der Waals surface area contributed by atoms with E-state index in [-0.39, 0.29) is 0 Å². The lowest BCUT2D eigenvalue weighted by molar-refractivity contribution is 0.0453. The van der Waals surface area contributed by atoms with Crippen molar-refractivity contribution < 1.29 is 9.53 Å². The van der Waals surface area contributed by atoms with E-state index in [9.17, 15) is 4.79 Å². The number of hydrogen-bond donors (Lipinski definition) is 2. The molecule has 0 saturated heterocycles. The molecule has 1 aromatic heterocycles. The maximum Gasteiger partial charge on any atom is 0.408 e. The SMILES string of the molecule is CCc1nc(C(C)(CC)NC(=O)OC(C)(C)C)[nH]c1C. The summed E-state index contributed by atoms with van der Waals surface area (Å²) in [6.07, 6.45) is 1.17. The van der Waals surface area contributed by atoms with Gasteiger partial charge in [0.05, 0.1) is 11.2 Å². The van der Waals surface area contributed by atoms with Crippen LogP contribution in [0.25, 0.3) is 0 Å². The molecule has 0 aliphatic heterocycles. The average Bonchev–Trinajstić information content (AvgIpc) is 2.68. The van der Waals surface area contributed by atoms with E-state index in [1.807, 2.05) is 41.5 Å². The predicted molar refractivity (Wildman–Crippen MR) is 79.7 cm³/mol. The number of aromatic nitrogens is 2. The summed E-state index contributed by atoms with van der Waals surface area (Å²) in [5.41, 5.74) is 1.02. The molecule has 1 aromatic rings. The number of H-pyrrole nitrogens is 1. The van der Waals surface area contributed by atoms with Gasteiger partial charge in [0, 0.05) is 5.69 Å². The van der Waals surface area contributed by atoms with Gasteiger partial charge in [0.1, 0.15) is 11.4 Å². The van der Waals surface area contributed by atoms with Crippen molar-refractivity contribution in [1.82, 2.24) is 15.3 Å². The van der Waals surface area contributed by atoms with E-state index in [0.717, 1.165) is 30.1 Å². The number of nitrogens with zero attached hydrogens (tertiary/aromatic N) is 1. The van der Waals surface area contributed by atoms with Crippen LogP contribution < -0.4 is 5.32 Å². The monoisotopic (exact) mass is 281 g/mol. The number of alkyl carbamates (subject to hydrolysis) is 1. The van der Waals surface area contributed by atoms with Gasteiger partial charge in [-0.05, 0) is 47.5 Å².